The van der Waals surface area contributed by atoms with Crippen LogP contribution in [-0.4, -0.2) is 83.3 Å². The number of hydrogen-bond acceptors (Lipinski definition) is 10. The highest BCUT2D eigenvalue weighted by molar-refractivity contribution is 7.14. The number of carbonyl (C=O) groups is 3. The number of likely N-dealkylation sites (tertiary alicyclic amines) is 1. The molecule has 0 spiro atoms. The fourth-order valence-electron chi connectivity index (χ4n) is 6.97. The lowest BCUT2D eigenvalue weighted by Crippen LogP contribution is -2.58. The summed E-state index contributed by atoms with van der Waals surface area (Å²) in [6.45, 7) is 11.7. The minimum absolute atomic E-state index is 0.139. The number of carbonyl (C=O) groups excluding carboxylic acids is 3. The van der Waals surface area contributed by atoms with E-state index in [9.17, 15) is 14.4 Å². The molecule has 12 nitrogen and oxygen atoms in total. The molecule has 3 amide bonds. The van der Waals surface area contributed by atoms with E-state index in [1.165, 1.54) is 11.3 Å². The van der Waals surface area contributed by atoms with E-state index in [1.54, 1.807) is 12.0 Å². The average molecular weight is 705 g/mol. The zero-order valence-electron chi connectivity index (χ0n) is 29.7. The van der Waals surface area contributed by atoms with Crippen molar-refractivity contribution < 1.29 is 28.6 Å². The zero-order chi connectivity index (χ0) is 35.8. The highest BCUT2D eigenvalue weighted by Gasteiger charge is 2.52. The number of nitrogens with one attached hydrogen (secondary N) is 3. The molecule has 0 unspecified atom stereocenters. The number of amides is 3. The van der Waals surface area contributed by atoms with Gasteiger partial charge in [0.1, 0.15) is 41.5 Å². The smallest absolute Gasteiger partial charge is 0.408 e. The highest BCUT2D eigenvalue weighted by atomic mass is 32.1. The fraction of sp³-hybridized carbons (Fsp3) is 0.541. The molecule has 0 bridgehead atoms. The van der Waals surface area contributed by atoms with Crippen molar-refractivity contribution in [1.82, 2.24) is 25.5 Å². The summed E-state index contributed by atoms with van der Waals surface area (Å²) in [6, 6.07) is 5.67. The van der Waals surface area contributed by atoms with Crippen molar-refractivity contribution in [3.8, 4) is 22.9 Å². The predicted molar refractivity (Wildman–Crippen MR) is 193 cm³/mol. The molecule has 3 heterocycles. The van der Waals surface area contributed by atoms with Crippen molar-refractivity contribution in [3.05, 3.63) is 42.3 Å². The third-order valence-corrected chi connectivity index (χ3v) is 10.9. The van der Waals surface area contributed by atoms with Gasteiger partial charge in [-0.3, -0.25) is 9.59 Å². The van der Waals surface area contributed by atoms with Gasteiger partial charge in [-0.1, -0.05) is 26.8 Å². The molecule has 1 saturated heterocycles. The van der Waals surface area contributed by atoms with Gasteiger partial charge in [-0.2, -0.15) is 0 Å². The number of pyridine rings is 1. The molecule has 3 N–H and O–H groups in total. The molecule has 3 fully saturated rings. The zero-order valence-corrected chi connectivity index (χ0v) is 30.5. The van der Waals surface area contributed by atoms with Crippen molar-refractivity contribution in [2.45, 2.75) is 96.1 Å². The first-order valence-corrected chi connectivity index (χ1v) is 18.2. The van der Waals surface area contributed by atoms with E-state index in [0.29, 0.717) is 28.4 Å². The molecule has 2 saturated carbocycles. The Hall–Kier alpha value is -4.39. The quantitative estimate of drug-likeness (QED) is 0.207. The molecule has 2 aliphatic carbocycles. The molecule has 6 rings (SSSR count). The molecule has 2 aromatic heterocycles. The Morgan fingerprint density at radius 3 is 2.52 bits per heavy atom. The second-order valence-corrected chi connectivity index (χ2v) is 15.7. The number of hydrogen-bond donors (Lipinski definition) is 3. The number of nitrogens with zero attached hydrogens (tertiary/aromatic N) is 3. The van der Waals surface area contributed by atoms with E-state index >= 15 is 0 Å². The Bertz CT molecular complexity index is 1770. The van der Waals surface area contributed by atoms with Crippen molar-refractivity contribution in [1.29, 1.82) is 0 Å². The maximum absolute atomic E-state index is 14.5. The van der Waals surface area contributed by atoms with Gasteiger partial charge in [0, 0.05) is 47.8 Å². The second kappa shape index (κ2) is 14.1. The number of thiazole rings is 1. The Morgan fingerprint density at radius 2 is 1.88 bits per heavy atom. The summed E-state index contributed by atoms with van der Waals surface area (Å²) < 4.78 is 17.9. The lowest BCUT2D eigenvalue weighted by Gasteiger charge is -2.35. The molecule has 3 aliphatic rings. The van der Waals surface area contributed by atoms with Gasteiger partial charge < -0.3 is 35.1 Å². The molecule has 50 heavy (non-hydrogen) atoms. The van der Waals surface area contributed by atoms with Gasteiger partial charge in [-0.25, -0.2) is 14.8 Å². The van der Waals surface area contributed by atoms with Crippen LogP contribution in [-0.2, 0) is 14.3 Å². The van der Waals surface area contributed by atoms with Crippen molar-refractivity contribution in [3.63, 3.8) is 0 Å². The van der Waals surface area contributed by atoms with Crippen LogP contribution in [0.2, 0.25) is 0 Å². The minimum atomic E-state index is -0.935. The minimum Gasteiger partial charge on any atom is -0.497 e. The standard InChI is InChI=1S/C37H48N6O6S/c1-8-21-18-37(21,5)42-32(44)29-16-24(19-43(29)33(45)31(36(2,3)4)41-35(46)49-22-11-9-10-12-22)48-30-17-27(28-20-50-34(38-6)40-28)39-26-15-23(47-7)13-14-25(26)30/h8,13-15,17,20-22,24,29,31H,1,9-12,16,18-19H2,2-7H3,(H,38,40)(H,41,46)(H,42,44)/t21-,24-,29+,31-,37-/m1/s1. The van der Waals surface area contributed by atoms with E-state index in [2.05, 4.69) is 27.5 Å². The Balaban J connectivity index is 1.30. The fourth-order valence-corrected chi connectivity index (χ4v) is 7.63. The Kier molecular flexibility index (Phi) is 9.98. The van der Waals surface area contributed by atoms with Crippen LogP contribution in [0.1, 0.15) is 66.2 Å². The van der Waals surface area contributed by atoms with Gasteiger partial charge in [0.2, 0.25) is 11.8 Å². The summed E-state index contributed by atoms with van der Waals surface area (Å²) in [4.78, 5) is 52.6. The normalized spacial score (nSPS) is 24.0. The van der Waals surface area contributed by atoms with Gasteiger partial charge in [0.25, 0.3) is 0 Å². The Labute approximate surface area is 297 Å². The number of benzene rings is 1. The molecule has 3 aromatic rings. The maximum Gasteiger partial charge on any atom is 0.408 e. The van der Waals surface area contributed by atoms with Crippen LogP contribution >= 0.6 is 11.3 Å². The van der Waals surface area contributed by atoms with Gasteiger partial charge >= 0.3 is 6.09 Å². The number of methoxy groups -OCH3 is 1. The molecule has 1 aromatic carbocycles. The van der Waals surface area contributed by atoms with E-state index in [0.717, 1.165) is 42.6 Å². The largest absolute Gasteiger partial charge is 0.497 e. The number of aromatic nitrogens is 2. The first-order chi connectivity index (χ1) is 23.8. The summed E-state index contributed by atoms with van der Waals surface area (Å²) in [7, 11) is 3.42. The summed E-state index contributed by atoms with van der Waals surface area (Å²) in [6.07, 6.45) is 5.24. The molecular formula is C37H48N6O6S. The van der Waals surface area contributed by atoms with E-state index in [1.807, 2.05) is 70.5 Å². The highest BCUT2D eigenvalue weighted by Crippen LogP contribution is 2.44. The van der Waals surface area contributed by atoms with Gasteiger partial charge in [-0.15, -0.1) is 17.9 Å². The number of ether oxygens (including phenoxy) is 3. The number of alkyl carbamates (subject to hydrolysis) is 1. The van der Waals surface area contributed by atoms with Crippen LogP contribution in [0.3, 0.4) is 0 Å². The number of rotatable bonds is 11. The molecule has 268 valence electrons. The first kappa shape index (κ1) is 35.4. The van der Waals surface area contributed by atoms with Gasteiger partial charge in [0.15, 0.2) is 5.13 Å². The molecule has 0 radical (unpaired) electrons. The molecule has 1 aliphatic heterocycles. The lowest BCUT2D eigenvalue weighted by molar-refractivity contribution is -0.142. The Morgan fingerprint density at radius 1 is 1.12 bits per heavy atom. The molecule has 13 heteroatoms. The van der Waals surface area contributed by atoms with Crippen LogP contribution in [0.25, 0.3) is 22.3 Å². The third-order valence-electron chi connectivity index (χ3n) is 10.0. The third kappa shape index (κ3) is 7.52. The summed E-state index contributed by atoms with van der Waals surface area (Å²) in [5.41, 5.74) is 0.873. The molecule has 5 atom stereocenters. The summed E-state index contributed by atoms with van der Waals surface area (Å²) >= 11 is 1.47. The van der Waals surface area contributed by atoms with Crippen LogP contribution in [0.4, 0.5) is 9.93 Å². The van der Waals surface area contributed by atoms with Crippen molar-refractivity contribution in [2.24, 2.45) is 11.3 Å². The van der Waals surface area contributed by atoms with Gasteiger partial charge in [0.05, 0.1) is 24.9 Å². The summed E-state index contributed by atoms with van der Waals surface area (Å²) in [5, 5.41) is 12.5. The topological polar surface area (TPSA) is 144 Å². The van der Waals surface area contributed by atoms with Crippen molar-refractivity contribution in [2.75, 3.05) is 26.0 Å². The van der Waals surface area contributed by atoms with Crippen LogP contribution in [0, 0.1) is 11.3 Å². The monoisotopic (exact) mass is 704 g/mol. The first-order valence-electron chi connectivity index (χ1n) is 17.3. The molecular weight excluding hydrogens is 657 g/mol. The van der Waals surface area contributed by atoms with Crippen LogP contribution in [0.5, 0.6) is 11.5 Å². The predicted octanol–water partition coefficient (Wildman–Crippen LogP) is 5.92. The van der Waals surface area contributed by atoms with E-state index in [4.69, 9.17) is 19.2 Å². The van der Waals surface area contributed by atoms with Crippen LogP contribution in [0.15, 0.2) is 42.3 Å². The van der Waals surface area contributed by atoms with Crippen molar-refractivity contribution >= 4 is 45.3 Å². The van der Waals surface area contributed by atoms with Gasteiger partial charge in [-0.05, 0) is 56.6 Å². The van der Waals surface area contributed by atoms with Crippen LogP contribution < -0.4 is 25.4 Å². The van der Waals surface area contributed by atoms with E-state index in [-0.39, 0.29) is 36.8 Å². The number of anilines is 1. The summed E-state index contributed by atoms with van der Waals surface area (Å²) in [5.74, 6) is 0.739. The second-order valence-electron chi connectivity index (χ2n) is 14.9. The maximum atomic E-state index is 14.5. The average Bonchev–Trinajstić information content (AvgIpc) is 3.59. The lowest BCUT2D eigenvalue weighted by atomic mass is 9.85. The number of fused-ring (bicyclic) bond motifs is 1. The SMILES string of the molecule is C=C[C@@H]1C[C@@]1(C)NC(=O)[C@@H]1C[C@@H](Oc2cc(-c3csc(NC)n3)nc3cc(OC)ccc23)CN1C(=O)[C@@H](NC(=O)OC1CCCC1)C(C)(C)C. The van der Waals surface area contributed by atoms with E-state index < -0.39 is 35.2 Å².